The van der Waals surface area contributed by atoms with Gasteiger partial charge in [0.15, 0.2) is 0 Å². The van der Waals surface area contributed by atoms with Gasteiger partial charge in [-0.2, -0.15) is 0 Å². The van der Waals surface area contributed by atoms with Crippen molar-refractivity contribution in [2.45, 2.75) is 32.2 Å². The zero-order valence-corrected chi connectivity index (χ0v) is 14.7. The molecule has 2 aromatic rings. The Morgan fingerprint density at radius 2 is 1.65 bits per heavy atom. The van der Waals surface area contributed by atoms with Crippen LogP contribution in [0.5, 0.6) is 0 Å². The largest absolute Gasteiger partial charge is 0.368 e. The highest BCUT2D eigenvalue weighted by molar-refractivity contribution is 6.04. The monoisotopic (exact) mass is 353 g/mol. The van der Waals surface area contributed by atoms with E-state index in [2.05, 4.69) is 10.6 Å². The Kier molecular flexibility index (Phi) is 6.91. The Balaban J connectivity index is 2.00. The average Bonchev–Trinajstić information content (AvgIpc) is 2.61. The van der Waals surface area contributed by atoms with E-state index in [1.165, 1.54) is 6.92 Å². The van der Waals surface area contributed by atoms with Gasteiger partial charge in [-0.15, -0.1) is 0 Å². The number of para-hydroxylation sites is 1. The van der Waals surface area contributed by atoms with Crippen molar-refractivity contribution in [1.29, 1.82) is 0 Å². The second-order valence-electron chi connectivity index (χ2n) is 6.03. The lowest BCUT2D eigenvalue weighted by Crippen LogP contribution is -2.44. The summed E-state index contributed by atoms with van der Waals surface area (Å²) in [5.74, 6) is -1.30. The molecule has 1 atom stereocenters. The fraction of sp³-hybridized carbons (Fsp3) is 0.250. The predicted octanol–water partition coefficient (Wildman–Crippen LogP) is 2.25. The maximum atomic E-state index is 12.5. The van der Waals surface area contributed by atoms with Crippen LogP contribution in [0.15, 0.2) is 54.6 Å². The summed E-state index contributed by atoms with van der Waals surface area (Å²) in [6, 6.07) is 15.8. The lowest BCUT2D eigenvalue weighted by Gasteiger charge is -2.17. The van der Waals surface area contributed by atoms with Crippen LogP contribution in [0.3, 0.4) is 0 Å². The first-order valence-corrected chi connectivity index (χ1v) is 8.48. The van der Waals surface area contributed by atoms with Crippen LogP contribution in [-0.2, 0) is 16.0 Å². The second kappa shape index (κ2) is 9.36. The summed E-state index contributed by atoms with van der Waals surface area (Å²) in [5.41, 5.74) is 7.29. The first kappa shape index (κ1) is 19.2. The molecule has 6 nitrogen and oxygen atoms in total. The molecule has 0 radical (unpaired) electrons. The molecule has 6 heteroatoms. The van der Waals surface area contributed by atoms with E-state index in [1.807, 2.05) is 30.3 Å². The van der Waals surface area contributed by atoms with Crippen molar-refractivity contribution in [3.8, 4) is 0 Å². The van der Waals surface area contributed by atoms with Crippen LogP contribution < -0.4 is 16.4 Å². The van der Waals surface area contributed by atoms with Crippen molar-refractivity contribution in [2.75, 3.05) is 5.32 Å². The van der Waals surface area contributed by atoms with E-state index in [-0.39, 0.29) is 11.5 Å². The van der Waals surface area contributed by atoms with E-state index in [0.29, 0.717) is 18.5 Å². The van der Waals surface area contributed by atoms with Gasteiger partial charge in [-0.05, 0) is 37.0 Å². The number of hydrogen-bond donors (Lipinski definition) is 3. The quantitative estimate of drug-likeness (QED) is 0.678. The van der Waals surface area contributed by atoms with Gasteiger partial charge in [0.1, 0.15) is 6.04 Å². The number of rotatable bonds is 8. The smallest absolute Gasteiger partial charge is 0.254 e. The number of benzene rings is 2. The first-order valence-electron chi connectivity index (χ1n) is 8.48. The average molecular weight is 353 g/mol. The van der Waals surface area contributed by atoms with Gasteiger partial charge in [0.2, 0.25) is 11.8 Å². The highest BCUT2D eigenvalue weighted by Gasteiger charge is 2.20. The van der Waals surface area contributed by atoms with Gasteiger partial charge < -0.3 is 16.4 Å². The lowest BCUT2D eigenvalue weighted by atomic mass is 10.0. The molecule has 0 saturated heterocycles. The third-order valence-electron chi connectivity index (χ3n) is 3.93. The number of primary amides is 1. The first-order chi connectivity index (χ1) is 12.5. The minimum Gasteiger partial charge on any atom is -0.368 e. The van der Waals surface area contributed by atoms with Crippen molar-refractivity contribution in [3.05, 3.63) is 65.7 Å². The van der Waals surface area contributed by atoms with Crippen LogP contribution in [0.2, 0.25) is 0 Å². The lowest BCUT2D eigenvalue weighted by molar-refractivity contribution is -0.120. The highest BCUT2D eigenvalue weighted by atomic mass is 16.2. The number of carbonyl (C=O) groups is 3. The SMILES string of the molecule is CC(=O)Nc1ccccc1C(=O)N[C@@H](CCCc1ccccc1)C(N)=O. The molecule has 0 aromatic heterocycles. The summed E-state index contributed by atoms with van der Waals surface area (Å²) in [7, 11) is 0. The summed E-state index contributed by atoms with van der Waals surface area (Å²) < 4.78 is 0. The molecule has 0 aliphatic heterocycles. The number of nitrogens with one attached hydrogen (secondary N) is 2. The fourth-order valence-electron chi connectivity index (χ4n) is 2.66. The highest BCUT2D eigenvalue weighted by Crippen LogP contribution is 2.15. The van der Waals surface area contributed by atoms with Crippen LogP contribution in [0.25, 0.3) is 0 Å². The number of carbonyl (C=O) groups excluding carboxylic acids is 3. The van der Waals surface area contributed by atoms with Gasteiger partial charge in [-0.25, -0.2) is 0 Å². The molecule has 0 aliphatic carbocycles. The van der Waals surface area contributed by atoms with Gasteiger partial charge in [0, 0.05) is 6.92 Å². The maximum absolute atomic E-state index is 12.5. The number of amides is 3. The number of nitrogens with two attached hydrogens (primary N) is 1. The second-order valence-corrected chi connectivity index (χ2v) is 6.03. The normalized spacial score (nSPS) is 11.4. The van der Waals surface area contributed by atoms with E-state index in [4.69, 9.17) is 5.73 Å². The van der Waals surface area contributed by atoms with Crippen LogP contribution in [0, 0.1) is 0 Å². The van der Waals surface area contributed by atoms with E-state index >= 15 is 0 Å². The Bertz CT molecular complexity index is 775. The molecule has 0 bridgehead atoms. The van der Waals surface area contributed by atoms with E-state index < -0.39 is 17.9 Å². The van der Waals surface area contributed by atoms with Crippen LogP contribution in [0.1, 0.15) is 35.7 Å². The van der Waals surface area contributed by atoms with Crippen LogP contribution >= 0.6 is 0 Å². The molecule has 0 spiro atoms. The van der Waals surface area contributed by atoms with E-state index in [0.717, 1.165) is 12.0 Å². The summed E-state index contributed by atoms with van der Waals surface area (Å²) in [4.78, 5) is 35.5. The number of anilines is 1. The Labute approximate surface area is 152 Å². The zero-order chi connectivity index (χ0) is 18.9. The van der Waals surface area contributed by atoms with Crippen molar-refractivity contribution >= 4 is 23.4 Å². The zero-order valence-electron chi connectivity index (χ0n) is 14.7. The molecule has 136 valence electrons. The number of aryl methyl sites for hydroxylation is 1. The van der Waals surface area contributed by atoms with Gasteiger partial charge in [0.05, 0.1) is 11.3 Å². The molecule has 0 heterocycles. The van der Waals surface area contributed by atoms with Crippen molar-refractivity contribution in [1.82, 2.24) is 5.32 Å². The van der Waals surface area contributed by atoms with Gasteiger partial charge in [-0.3, -0.25) is 14.4 Å². The summed E-state index contributed by atoms with van der Waals surface area (Å²) >= 11 is 0. The molecule has 0 saturated carbocycles. The minimum absolute atomic E-state index is 0.278. The summed E-state index contributed by atoms with van der Waals surface area (Å²) in [6.45, 7) is 1.37. The third-order valence-corrected chi connectivity index (χ3v) is 3.93. The Morgan fingerprint density at radius 3 is 2.31 bits per heavy atom. The molecule has 26 heavy (non-hydrogen) atoms. The predicted molar refractivity (Wildman–Crippen MR) is 101 cm³/mol. The van der Waals surface area contributed by atoms with E-state index in [9.17, 15) is 14.4 Å². The van der Waals surface area contributed by atoms with Crippen LogP contribution in [-0.4, -0.2) is 23.8 Å². The molecule has 0 aliphatic rings. The maximum Gasteiger partial charge on any atom is 0.254 e. The third kappa shape index (κ3) is 5.73. The minimum atomic E-state index is -0.767. The van der Waals surface area contributed by atoms with Crippen LogP contribution in [0.4, 0.5) is 5.69 Å². The molecule has 0 fully saturated rings. The summed E-state index contributed by atoms with van der Waals surface area (Å²) in [5, 5.41) is 5.27. The van der Waals surface area contributed by atoms with Crippen molar-refractivity contribution < 1.29 is 14.4 Å². The van der Waals surface area contributed by atoms with Gasteiger partial charge in [0.25, 0.3) is 5.91 Å². The van der Waals surface area contributed by atoms with Gasteiger partial charge in [-0.1, -0.05) is 42.5 Å². The molecular formula is C20H23N3O3. The molecular weight excluding hydrogens is 330 g/mol. The Morgan fingerprint density at radius 1 is 1.00 bits per heavy atom. The van der Waals surface area contributed by atoms with Crippen molar-refractivity contribution in [3.63, 3.8) is 0 Å². The molecule has 2 rings (SSSR count). The fourth-order valence-corrected chi connectivity index (χ4v) is 2.66. The summed E-state index contributed by atoms with van der Waals surface area (Å²) in [6.07, 6.45) is 1.95. The molecule has 2 aromatic carbocycles. The Hall–Kier alpha value is -3.15. The van der Waals surface area contributed by atoms with E-state index in [1.54, 1.807) is 24.3 Å². The molecule has 4 N–H and O–H groups in total. The molecule has 0 unspecified atom stereocenters. The standard InChI is InChI=1S/C20H23N3O3/c1-14(24)22-17-12-6-5-11-16(17)20(26)23-18(19(21)25)13-7-10-15-8-3-2-4-9-15/h2-6,8-9,11-12,18H,7,10,13H2,1H3,(H2,21,25)(H,22,24)(H,23,26)/t18-/m0/s1. The van der Waals surface area contributed by atoms with Crippen molar-refractivity contribution in [2.24, 2.45) is 5.73 Å². The number of hydrogen-bond acceptors (Lipinski definition) is 3. The molecule has 3 amide bonds. The topological polar surface area (TPSA) is 101 Å². The van der Waals surface area contributed by atoms with Gasteiger partial charge >= 0.3 is 0 Å².